The Bertz CT molecular complexity index is 189. The Hall–Kier alpha value is -0.350. The summed E-state index contributed by atoms with van der Waals surface area (Å²) in [6.45, 7) is 5.90. The zero-order valence-corrected chi connectivity index (χ0v) is 7.98. The van der Waals surface area contributed by atoms with E-state index in [4.69, 9.17) is 0 Å². The monoisotopic (exact) mass is 166 g/mol. The molecule has 0 bridgehead atoms. The lowest BCUT2D eigenvalue weighted by Gasteiger charge is -2.15. The molecule has 0 nitrogen and oxygen atoms in total. The van der Waals surface area contributed by atoms with Gasteiger partial charge in [0.1, 0.15) is 0 Å². The molecule has 0 radical (unpaired) electrons. The molecule has 1 unspecified atom stereocenters. The lowest BCUT2D eigenvalue weighted by molar-refractivity contribution is 0.903. The van der Waals surface area contributed by atoms with Gasteiger partial charge in [-0.05, 0) is 25.9 Å². The van der Waals surface area contributed by atoms with Crippen LogP contribution in [0, 0.1) is 0 Å². The van der Waals surface area contributed by atoms with Crippen molar-refractivity contribution in [3.8, 4) is 0 Å². The van der Waals surface area contributed by atoms with E-state index in [1.807, 2.05) is 6.08 Å². The van der Waals surface area contributed by atoms with Gasteiger partial charge in [0.15, 0.2) is 0 Å². The van der Waals surface area contributed by atoms with Crippen LogP contribution < -0.4 is 0 Å². The third-order valence-electron chi connectivity index (χ3n) is 1.79. The normalized spacial score (nSPS) is 25.2. The molecule has 1 heteroatoms. The van der Waals surface area contributed by atoms with Crippen LogP contribution in [0.1, 0.15) is 19.8 Å². The molecule has 11 heavy (non-hydrogen) atoms. The van der Waals surface area contributed by atoms with Crippen molar-refractivity contribution in [3.05, 3.63) is 35.9 Å². The van der Waals surface area contributed by atoms with Gasteiger partial charge in [-0.15, -0.1) is 0 Å². The summed E-state index contributed by atoms with van der Waals surface area (Å²) in [5.41, 5.74) is 1.57. The molecular weight excluding hydrogens is 151 g/mol. The van der Waals surface area contributed by atoms with E-state index in [9.17, 15) is 0 Å². The van der Waals surface area contributed by atoms with Crippen molar-refractivity contribution >= 4 is 7.92 Å². The van der Waals surface area contributed by atoms with Crippen LogP contribution in [-0.2, 0) is 0 Å². The first-order chi connectivity index (χ1) is 5.33. The summed E-state index contributed by atoms with van der Waals surface area (Å²) in [6, 6.07) is 0. The second kappa shape index (κ2) is 4.51. The quantitative estimate of drug-likeness (QED) is 0.431. The summed E-state index contributed by atoms with van der Waals surface area (Å²) >= 11 is 0. The lowest BCUT2D eigenvalue weighted by Crippen LogP contribution is -1.89. The molecular formula is C10H15P. The summed E-state index contributed by atoms with van der Waals surface area (Å²) in [7, 11) is 0.0692. The van der Waals surface area contributed by atoms with Crippen LogP contribution in [0.25, 0.3) is 0 Å². The Labute approximate surface area is 70.4 Å². The Kier molecular flexibility index (Phi) is 3.59. The molecule has 0 aliphatic carbocycles. The van der Waals surface area contributed by atoms with E-state index in [1.54, 1.807) is 5.57 Å². The highest BCUT2D eigenvalue weighted by atomic mass is 31.1. The van der Waals surface area contributed by atoms with Crippen molar-refractivity contribution in [1.82, 2.24) is 0 Å². The summed E-state index contributed by atoms with van der Waals surface area (Å²) in [4.78, 5) is 0. The van der Waals surface area contributed by atoms with Crippen molar-refractivity contribution in [1.29, 1.82) is 0 Å². The van der Waals surface area contributed by atoms with E-state index < -0.39 is 0 Å². The highest BCUT2D eigenvalue weighted by Crippen LogP contribution is 2.44. The maximum absolute atomic E-state index is 3.67. The van der Waals surface area contributed by atoms with E-state index >= 15 is 0 Å². The molecule has 60 valence electrons. The highest BCUT2D eigenvalue weighted by Gasteiger charge is 2.06. The van der Waals surface area contributed by atoms with E-state index in [0.29, 0.717) is 0 Å². The van der Waals surface area contributed by atoms with Crippen molar-refractivity contribution in [2.75, 3.05) is 6.16 Å². The van der Waals surface area contributed by atoms with Crippen molar-refractivity contribution in [2.45, 2.75) is 19.8 Å². The van der Waals surface area contributed by atoms with Crippen molar-refractivity contribution < 1.29 is 0 Å². The lowest BCUT2D eigenvalue weighted by atomic mass is 10.2. The van der Waals surface area contributed by atoms with Crippen LogP contribution in [0.2, 0.25) is 0 Å². The van der Waals surface area contributed by atoms with E-state index in [0.717, 1.165) is 0 Å². The van der Waals surface area contributed by atoms with E-state index in [-0.39, 0.29) is 7.92 Å². The van der Waals surface area contributed by atoms with Crippen molar-refractivity contribution in [2.24, 2.45) is 0 Å². The first kappa shape index (κ1) is 8.74. The fourth-order valence-corrected chi connectivity index (χ4v) is 3.17. The number of hydrogen-bond donors (Lipinski definition) is 0. The number of allylic oxidation sites excluding steroid dienone is 3. The second-order valence-electron chi connectivity index (χ2n) is 2.89. The first-order valence-electron chi connectivity index (χ1n) is 4.05. The van der Waals surface area contributed by atoms with Crippen LogP contribution in [0.15, 0.2) is 35.9 Å². The van der Waals surface area contributed by atoms with Gasteiger partial charge in [-0.2, -0.15) is 0 Å². The van der Waals surface area contributed by atoms with Gasteiger partial charge in [-0.25, -0.2) is 0 Å². The third kappa shape index (κ3) is 3.03. The Balaban J connectivity index is 2.52. The second-order valence-corrected chi connectivity index (χ2v) is 4.93. The predicted molar refractivity (Wildman–Crippen MR) is 54.1 cm³/mol. The van der Waals surface area contributed by atoms with Gasteiger partial charge in [0.25, 0.3) is 0 Å². The smallest absolute Gasteiger partial charge is 0.0253 e. The summed E-state index contributed by atoms with van der Waals surface area (Å²) in [5.74, 6) is 4.73. The molecule has 0 aromatic heterocycles. The van der Waals surface area contributed by atoms with Crippen LogP contribution in [-0.4, -0.2) is 6.16 Å². The minimum Gasteiger partial charge on any atom is -0.0991 e. The molecule has 0 amide bonds. The Morgan fingerprint density at radius 1 is 1.64 bits per heavy atom. The maximum atomic E-state index is 3.67. The van der Waals surface area contributed by atoms with E-state index in [2.05, 4.69) is 31.2 Å². The molecule has 1 aliphatic heterocycles. The van der Waals surface area contributed by atoms with Crippen molar-refractivity contribution in [3.63, 3.8) is 0 Å². The van der Waals surface area contributed by atoms with Gasteiger partial charge in [0, 0.05) is 0 Å². The average molecular weight is 166 g/mol. The first-order valence-corrected chi connectivity index (χ1v) is 5.72. The zero-order valence-electron chi connectivity index (χ0n) is 7.09. The summed E-state index contributed by atoms with van der Waals surface area (Å²) in [6.07, 6.45) is 7.98. The third-order valence-corrected chi connectivity index (χ3v) is 3.95. The van der Waals surface area contributed by atoms with E-state index in [1.165, 1.54) is 19.0 Å². The van der Waals surface area contributed by atoms with Crippen LogP contribution >= 0.6 is 7.92 Å². The van der Waals surface area contributed by atoms with Gasteiger partial charge < -0.3 is 0 Å². The van der Waals surface area contributed by atoms with Gasteiger partial charge >= 0.3 is 0 Å². The van der Waals surface area contributed by atoms with Crippen LogP contribution in [0.3, 0.4) is 0 Å². The fourth-order valence-electron chi connectivity index (χ4n) is 1.24. The minimum absolute atomic E-state index is 0.0692. The van der Waals surface area contributed by atoms with Gasteiger partial charge in [0.2, 0.25) is 0 Å². The molecule has 1 aliphatic rings. The maximum Gasteiger partial charge on any atom is -0.0253 e. The molecule has 0 aromatic rings. The summed E-state index contributed by atoms with van der Waals surface area (Å²) < 4.78 is 0. The standard InChI is InChI=1S/C10H15P/c1-3-4-7-11-8-5-6-10(2)9-11/h3-4,7,9H,1,5-6,8H2,2H3/b7-4+. The highest BCUT2D eigenvalue weighted by molar-refractivity contribution is 7.64. The molecule has 1 rings (SSSR count). The summed E-state index contributed by atoms with van der Waals surface area (Å²) in [5, 5.41) is 0. The molecule has 0 fully saturated rings. The molecule has 0 N–H and O–H groups in total. The Morgan fingerprint density at radius 2 is 2.45 bits per heavy atom. The van der Waals surface area contributed by atoms with Crippen LogP contribution in [0.5, 0.6) is 0 Å². The van der Waals surface area contributed by atoms with Gasteiger partial charge in [0.05, 0.1) is 0 Å². The van der Waals surface area contributed by atoms with Crippen LogP contribution in [0.4, 0.5) is 0 Å². The van der Waals surface area contributed by atoms with Gasteiger partial charge in [-0.1, -0.05) is 43.9 Å². The van der Waals surface area contributed by atoms with Gasteiger partial charge in [-0.3, -0.25) is 0 Å². The molecule has 0 saturated heterocycles. The topological polar surface area (TPSA) is 0 Å². The zero-order chi connectivity index (χ0) is 8.10. The number of hydrogen-bond acceptors (Lipinski definition) is 0. The SMILES string of the molecule is C=C/C=C/P1C=C(C)CCC1. The largest absolute Gasteiger partial charge is 0.0991 e. The minimum atomic E-state index is 0.0692. The average Bonchev–Trinajstić information content (AvgIpc) is 2.01. The molecule has 1 atom stereocenters. The molecule has 0 saturated carbocycles. The molecule has 0 aromatic carbocycles. The Morgan fingerprint density at radius 3 is 3.09 bits per heavy atom. The molecule has 0 spiro atoms. The predicted octanol–water partition coefficient (Wildman–Crippen LogP) is 3.87. The fraction of sp³-hybridized carbons (Fsp3) is 0.400. The number of rotatable bonds is 2. The molecule has 1 heterocycles.